The fraction of sp³-hybridized carbons (Fsp3) is 0.261. The van der Waals surface area contributed by atoms with Gasteiger partial charge in [0.15, 0.2) is 0 Å². The van der Waals surface area contributed by atoms with Gasteiger partial charge in [-0.1, -0.05) is 18.7 Å². The lowest BCUT2D eigenvalue weighted by atomic mass is 10.1. The van der Waals surface area contributed by atoms with Crippen molar-refractivity contribution in [2.24, 2.45) is 10.9 Å². The molecule has 0 spiro atoms. The molecule has 0 atom stereocenters. The Hall–Kier alpha value is -3.04. The summed E-state index contributed by atoms with van der Waals surface area (Å²) in [7, 11) is 1.61. The summed E-state index contributed by atoms with van der Waals surface area (Å²) in [4.78, 5) is 16.5. The van der Waals surface area contributed by atoms with Crippen LogP contribution < -0.4 is 9.47 Å². The molecule has 6 heteroatoms. The number of aryl methyl sites for hydroxylation is 1. The van der Waals surface area contributed by atoms with E-state index in [0.717, 1.165) is 40.8 Å². The van der Waals surface area contributed by atoms with Crippen molar-refractivity contribution < 1.29 is 14.3 Å². The van der Waals surface area contributed by atoms with Crippen molar-refractivity contribution in [3.63, 3.8) is 0 Å². The summed E-state index contributed by atoms with van der Waals surface area (Å²) < 4.78 is 11.0. The summed E-state index contributed by atoms with van der Waals surface area (Å²) in [5.41, 5.74) is 3.14. The number of carbonyl (C=O) groups is 1. The first-order chi connectivity index (χ1) is 14.0. The number of esters is 1. The standard InChI is InChI=1S/C23H22N2O3S/c1-4-21(26)28-20-11-8-15(2)22(27-3)19(20)14-29-23(17-9-10-17)25-18-7-5-6-16(12-18)13-24/h4-8,11-12,17H,1,9-10,14H2,2-3H3. The Morgan fingerprint density at radius 3 is 2.83 bits per heavy atom. The van der Waals surface area contributed by atoms with E-state index in [1.54, 1.807) is 37.1 Å². The molecular formula is C23H22N2O3S. The van der Waals surface area contributed by atoms with Crippen LogP contribution in [0.15, 0.2) is 54.0 Å². The van der Waals surface area contributed by atoms with Crippen LogP contribution in [0.5, 0.6) is 11.5 Å². The zero-order chi connectivity index (χ0) is 20.8. The molecule has 0 aromatic heterocycles. The third-order valence-electron chi connectivity index (χ3n) is 4.50. The zero-order valence-corrected chi connectivity index (χ0v) is 17.3. The van der Waals surface area contributed by atoms with Gasteiger partial charge >= 0.3 is 5.97 Å². The van der Waals surface area contributed by atoms with Crippen LogP contribution in [-0.4, -0.2) is 18.1 Å². The average Bonchev–Trinajstić information content (AvgIpc) is 3.58. The number of carbonyl (C=O) groups excluding carboxylic acids is 1. The number of hydrogen-bond acceptors (Lipinski definition) is 6. The maximum absolute atomic E-state index is 11.7. The molecule has 0 amide bonds. The highest BCUT2D eigenvalue weighted by molar-refractivity contribution is 8.13. The topological polar surface area (TPSA) is 71.7 Å². The number of thioether (sulfide) groups is 1. The number of nitriles is 1. The van der Waals surface area contributed by atoms with Crippen molar-refractivity contribution >= 4 is 28.5 Å². The molecule has 0 radical (unpaired) electrons. The minimum Gasteiger partial charge on any atom is -0.496 e. The van der Waals surface area contributed by atoms with E-state index in [4.69, 9.17) is 19.7 Å². The Morgan fingerprint density at radius 1 is 1.38 bits per heavy atom. The summed E-state index contributed by atoms with van der Waals surface area (Å²) in [5.74, 6) is 1.64. The van der Waals surface area contributed by atoms with Crippen LogP contribution in [0.2, 0.25) is 0 Å². The van der Waals surface area contributed by atoms with Crippen LogP contribution in [-0.2, 0) is 10.5 Å². The average molecular weight is 407 g/mol. The van der Waals surface area contributed by atoms with Crippen molar-refractivity contribution in [2.75, 3.05) is 7.11 Å². The smallest absolute Gasteiger partial charge is 0.335 e. The van der Waals surface area contributed by atoms with Gasteiger partial charge in [-0.3, -0.25) is 0 Å². The predicted molar refractivity (Wildman–Crippen MR) is 116 cm³/mol. The quantitative estimate of drug-likeness (QED) is 0.204. The van der Waals surface area contributed by atoms with Crippen LogP contribution in [0, 0.1) is 24.2 Å². The molecule has 29 heavy (non-hydrogen) atoms. The van der Waals surface area contributed by atoms with Gasteiger partial charge in [0.05, 0.1) is 29.5 Å². The van der Waals surface area contributed by atoms with Crippen LogP contribution in [0.25, 0.3) is 0 Å². The largest absolute Gasteiger partial charge is 0.496 e. The van der Waals surface area contributed by atoms with Crippen molar-refractivity contribution in [3.8, 4) is 17.6 Å². The van der Waals surface area contributed by atoms with E-state index in [-0.39, 0.29) is 0 Å². The molecule has 1 fully saturated rings. The van der Waals surface area contributed by atoms with E-state index in [1.165, 1.54) is 0 Å². The maximum Gasteiger partial charge on any atom is 0.335 e. The molecule has 1 saturated carbocycles. The second kappa shape index (κ2) is 9.44. The molecular weight excluding hydrogens is 384 g/mol. The molecule has 3 rings (SSSR count). The summed E-state index contributed by atoms with van der Waals surface area (Å²) in [5, 5.41) is 10.1. The predicted octanol–water partition coefficient (Wildman–Crippen LogP) is 5.34. The van der Waals surface area contributed by atoms with E-state index >= 15 is 0 Å². The molecule has 0 unspecified atom stereocenters. The second-order valence-corrected chi connectivity index (χ2v) is 7.69. The summed E-state index contributed by atoms with van der Waals surface area (Å²) in [6.45, 7) is 5.41. The number of benzene rings is 2. The van der Waals surface area contributed by atoms with Crippen molar-refractivity contribution in [2.45, 2.75) is 25.5 Å². The lowest BCUT2D eigenvalue weighted by molar-refractivity contribution is -0.129. The SMILES string of the molecule is C=CC(=O)Oc1ccc(C)c(OC)c1CSC(=Nc1cccc(C#N)c1)C1CC1. The van der Waals surface area contributed by atoms with E-state index in [1.807, 2.05) is 25.1 Å². The fourth-order valence-corrected chi connectivity index (χ4v) is 4.09. The monoisotopic (exact) mass is 406 g/mol. The molecule has 0 N–H and O–H groups in total. The molecule has 5 nitrogen and oxygen atoms in total. The van der Waals surface area contributed by atoms with Crippen molar-refractivity contribution in [3.05, 3.63) is 65.7 Å². The summed E-state index contributed by atoms with van der Waals surface area (Å²) >= 11 is 1.61. The normalized spacial score (nSPS) is 13.5. The third-order valence-corrected chi connectivity index (χ3v) is 5.65. The molecule has 0 heterocycles. The Labute approximate surface area is 175 Å². The van der Waals surface area contributed by atoms with E-state index in [9.17, 15) is 4.79 Å². The lowest BCUT2D eigenvalue weighted by Crippen LogP contribution is -2.07. The van der Waals surface area contributed by atoms with E-state index < -0.39 is 5.97 Å². The minimum atomic E-state index is -0.508. The highest BCUT2D eigenvalue weighted by atomic mass is 32.2. The second-order valence-electron chi connectivity index (χ2n) is 6.69. The number of methoxy groups -OCH3 is 1. The Bertz CT molecular complexity index is 1000. The Balaban J connectivity index is 1.88. The molecule has 1 aliphatic rings. The van der Waals surface area contributed by atoms with Crippen LogP contribution >= 0.6 is 11.8 Å². The van der Waals surface area contributed by atoms with Crippen LogP contribution in [0.4, 0.5) is 5.69 Å². The van der Waals surface area contributed by atoms with Gasteiger partial charge in [0.25, 0.3) is 0 Å². The number of nitrogens with zero attached hydrogens (tertiary/aromatic N) is 2. The van der Waals surface area contributed by atoms with Gasteiger partial charge in [-0.2, -0.15) is 5.26 Å². The van der Waals surface area contributed by atoms with Gasteiger partial charge in [0.1, 0.15) is 11.5 Å². The van der Waals surface area contributed by atoms with Crippen LogP contribution in [0.1, 0.15) is 29.5 Å². The first-order valence-corrected chi connectivity index (χ1v) is 10.3. The van der Waals surface area contributed by atoms with Gasteiger partial charge in [0, 0.05) is 23.3 Å². The fourth-order valence-electron chi connectivity index (χ4n) is 2.88. The molecule has 1 aliphatic carbocycles. The van der Waals surface area contributed by atoms with Crippen LogP contribution in [0.3, 0.4) is 0 Å². The number of rotatable bonds is 7. The zero-order valence-electron chi connectivity index (χ0n) is 16.5. The molecule has 0 aliphatic heterocycles. The van der Waals surface area contributed by atoms with E-state index in [2.05, 4.69) is 12.6 Å². The maximum atomic E-state index is 11.7. The lowest BCUT2D eigenvalue weighted by Gasteiger charge is -2.16. The first kappa shape index (κ1) is 20.7. The summed E-state index contributed by atoms with van der Waals surface area (Å²) in [6, 6.07) is 13.1. The molecule has 2 aromatic rings. The van der Waals surface area contributed by atoms with Gasteiger partial charge in [-0.15, -0.1) is 11.8 Å². The van der Waals surface area contributed by atoms with Crippen molar-refractivity contribution in [1.29, 1.82) is 5.26 Å². The molecule has 148 valence electrons. The molecule has 0 saturated heterocycles. The van der Waals surface area contributed by atoms with Crippen molar-refractivity contribution in [1.82, 2.24) is 0 Å². The van der Waals surface area contributed by atoms with Gasteiger partial charge in [-0.05, 0) is 49.6 Å². The highest BCUT2D eigenvalue weighted by Gasteiger charge is 2.29. The number of hydrogen-bond donors (Lipinski definition) is 0. The molecule has 2 aromatic carbocycles. The number of aliphatic imine (C=N–C) groups is 1. The Morgan fingerprint density at radius 2 is 2.17 bits per heavy atom. The van der Waals surface area contributed by atoms with Gasteiger partial charge in [-0.25, -0.2) is 9.79 Å². The first-order valence-electron chi connectivity index (χ1n) is 9.28. The number of ether oxygens (including phenoxy) is 2. The van der Waals surface area contributed by atoms with Gasteiger partial charge in [0.2, 0.25) is 0 Å². The Kier molecular flexibility index (Phi) is 6.73. The molecule has 0 bridgehead atoms. The third kappa shape index (κ3) is 5.27. The summed E-state index contributed by atoms with van der Waals surface area (Å²) in [6.07, 6.45) is 3.35. The minimum absolute atomic E-state index is 0.431. The highest BCUT2D eigenvalue weighted by Crippen LogP contribution is 2.41. The van der Waals surface area contributed by atoms with Gasteiger partial charge < -0.3 is 9.47 Å². The van der Waals surface area contributed by atoms with E-state index in [0.29, 0.717) is 28.7 Å².